The lowest BCUT2D eigenvalue weighted by atomic mass is 9.84. The highest BCUT2D eigenvalue weighted by Crippen LogP contribution is 2.36. The largest absolute Gasteiger partial charge is 0.363 e. The number of amides is 5. The second-order valence-corrected chi connectivity index (χ2v) is 17.6. The molecule has 256 valence electrons. The van der Waals surface area contributed by atoms with Crippen LogP contribution in [0.2, 0.25) is 0 Å². The van der Waals surface area contributed by atoms with Crippen molar-refractivity contribution in [3.63, 3.8) is 0 Å². The minimum Gasteiger partial charge on any atom is -0.363 e. The Morgan fingerprint density at radius 1 is 0.889 bits per heavy atom. The second kappa shape index (κ2) is 13.9. The van der Waals surface area contributed by atoms with E-state index in [0.717, 1.165) is 12.8 Å². The van der Waals surface area contributed by atoms with Gasteiger partial charge < -0.3 is 26.6 Å². The summed E-state index contributed by atoms with van der Waals surface area (Å²) in [6.45, 7) is 15.9. The third-order valence-corrected chi connectivity index (χ3v) is 11.2. The molecule has 0 bridgehead atoms. The van der Waals surface area contributed by atoms with E-state index in [4.69, 9.17) is 5.73 Å². The van der Waals surface area contributed by atoms with Crippen molar-refractivity contribution in [2.24, 2.45) is 34.3 Å². The van der Waals surface area contributed by atoms with Gasteiger partial charge in [-0.3, -0.25) is 19.2 Å². The van der Waals surface area contributed by atoms with Crippen LogP contribution in [0.1, 0.15) is 87.5 Å². The van der Waals surface area contributed by atoms with Crippen LogP contribution < -0.4 is 21.7 Å². The van der Waals surface area contributed by atoms with E-state index < -0.39 is 74.6 Å². The number of rotatable bonds is 12. The van der Waals surface area contributed by atoms with Gasteiger partial charge in [0.2, 0.25) is 27.6 Å². The van der Waals surface area contributed by atoms with Gasteiger partial charge in [0.25, 0.3) is 5.91 Å². The minimum atomic E-state index is -3.38. The van der Waals surface area contributed by atoms with Crippen molar-refractivity contribution in [3.05, 3.63) is 0 Å². The van der Waals surface area contributed by atoms with Crippen LogP contribution in [-0.2, 0) is 29.2 Å². The number of sulfonamides is 1. The SMILES string of the molecule is CC(C)[C@H]1CCN(C(=O)[C@@H](NC(=O)N[C@H](CN2CCCS2(=O)=O)C(C)(C)C)C(C)(C)C)[C@@H]1C(=O)NC(CC1CC1)C(=O)C(N)=O. The Morgan fingerprint density at radius 3 is 1.98 bits per heavy atom. The van der Waals surface area contributed by atoms with Gasteiger partial charge in [-0.05, 0) is 47.8 Å². The zero-order valence-corrected chi connectivity index (χ0v) is 29.0. The summed E-state index contributed by atoms with van der Waals surface area (Å²) >= 11 is 0. The molecule has 5 amide bonds. The van der Waals surface area contributed by atoms with Gasteiger partial charge in [-0.2, -0.15) is 4.31 Å². The average molecular weight is 655 g/mol. The fraction of sp³-hybridized carbons (Fsp3) is 0.839. The van der Waals surface area contributed by atoms with Gasteiger partial charge in [-0.1, -0.05) is 68.2 Å². The topological polar surface area (TPSA) is 188 Å². The van der Waals surface area contributed by atoms with Gasteiger partial charge in [-0.15, -0.1) is 0 Å². The molecule has 0 aromatic carbocycles. The zero-order chi connectivity index (χ0) is 34.1. The molecule has 5 N–H and O–H groups in total. The Balaban J connectivity index is 1.82. The molecule has 3 fully saturated rings. The fourth-order valence-corrected chi connectivity index (χ4v) is 7.76. The summed E-state index contributed by atoms with van der Waals surface area (Å²) in [5.74, 6) is -2.78. The Morgan fingerprint density at radius 2 is 1.51 bits per heavy atom. The van der Waals surface area contributed by atoms with Crippen LogP contribution in [0.15, 0.2) is 0 Å². The fourth-order valence-electron chi connectivity index (χ4n) is 6.23. The maximum Gasteiger partial charge on any atom is 0.315 e. The van der Waals surface area contributed by atoms with Crippen LogP contribution in [0.4, 0.5) is 4.79 Å². The maximum absolute atomic E-state index is 14.2. The highest BCUT2D eigenvalue weighted by atomic mass is 32.2. The van der Waals surface area contributed by atoms with Crippen molar-refractivity contribution >= 4 is 39.6 Å². The predicted octanol–water partition coefficient (Wildman–Crippen LogP) is 1.36. The molecule has 0 aromatic rings. The highest BCUT2D eigenvalue weighted by molar-refractivity contribution is 7.89. The highest BCUT2D eigenvalue weighted by Gasteiger charge is 2.48. The summed E-state index contributed by atoms with van der Waals surface area (Å²) in [5, 5.41) is 8.50. The van der Waals surface area contributed by atoms with E-state index in [9.17, 15) is 32.4 Å². The summed E-state index contributed by atoms with van der Waals surface area (Å²) < 4.78 is 26.4. The van der Waals surface area contributed by atoms with Crippen LogP contribution in [0.3, 0.4) is 0 Å². The summed E-state index contributed by atoms with van der Waals surface area (Å²) in [5.41, 5.74) is 4.04. The van der Waals surface area contributed by atoms with Crippen molar-refractivity contribution in [1.29, 1.82) is 0 Å². The molecular weight excluding hydrogens is 600 g/mol. The molecule has 13 nitrogen and oxygen atoms in total. The van der Waals surface area contributed by atoms with Gasteiger partial charge >= 0.3 is 6.03 Å². The van der Waals surface area contributed by atoms with Gasteiger partial charge in [-0.25, -0.2) is 13.2 Å². The number of nitrogens with zero attached hydrogens (tertiary/aromatic N) is 2. The van der Waals surface area contributed by atoms with Gasteiger partial charge in [0.05, 0.1) is 11.8 Å². The summed E-state index contributed by atoms with van der Waals surface area (Å²) in [6, 6.07) is -4.13. The zero-order valence-electron chi connectivity index (χ0n) is 28.1. The summed E-state index contributed by atoms with van der Waals surface area (Å²) in [7, 11) is -3.38. The number of hydrogen-bond acceptors (Lipinski definition) is 7. The quantitative estimate of drug-likeness (QED) is 0.229. The molecule has 2 saturated heterocycles. The van der Waals surface area contributed by atoms with Crippen molar-refractivity contribution in [3.8, 4) is 0 Å². The molecule has 3 rings (SSSR count). The molecule has 1 aliphatic carbocycles. The molecule has 0 spiro atoms. The van der Waals surface area contributed by atoms with E-state index in [0.29, 0.717) is 25.8 Å². The number of urea groups is 1. The number of nitrogens with one attached hydrogen (secondary N) is 3. The Hall–Kier alpha value is -2.74. The third-order valence-electron chi connectivity index (χ3n) is 9.32. The van der Waals surface area contributed by atoms with Crippen molar-refractivity contribution < 1.29 is 32.4 Å². The lowest BCUT2D eigenvalue weighted by molar-refractivity contribution is -0.144. The van der Waals surface area contributed by atoms with E-state index >= 15 is 0 Å². The lowest BCUT2D eigenvalue weighted by Crippen LogP contribution is -2.62. The van der Waals surface area contributed by atoms with E-state index in [2.05, 4.69) is 16.0 Å². The molecule has 1 unspecified atom stereocenters. The van der Waals surface area contributed by atoms with Gasteiger partial charge in [0.15, 0.2) is 0 Å². The summed E-state index contributed by atoms with van der Waals surface area (Å²) in [4.78, 5) is 67.3. The first kappa shape index (κ1) is 36.7. The standard InChI is InChI=1S/C31H54N6O7S/c1-18(2)20-12-14-37(23(20)27(40)33-21(16-19-10-11-19)24(38)26(32)39)28(41)25(31(6,7)8)35-29(42)34-22(30(3,4)5)17-36-13-9-15-45(36,43)44/h18-23,25H,9-17H2,1-8H3,(H2,32,39)(H,33,40)(H2,34,35,42)/t20-,21?,22-,23+,25-/m1/s1. The van der Waals surface area contributed by atoms with Crippen LogP contribution in [0.5, 0.6) is 0 Å². The minimum absolute atomic E-state index is 0.0334. The molecular formula is C31H54N6O7S. The smallest absolute Gasteiger partial charge is 0.315 e. The van der Waals surface area contributed by atoms with Gasteiger partial charge in [0.1, 0.15) is 12.1 Å². The van der Waals surface area contributed by atoms with Crippen LogP contribution in [-0.4, -0.2) is 96.7 Å². The van der Waals surface area contributed by atoms with Gasteiger partial charge in [0, 0.05) is 25.7 Å². The number of hydrogen-bond donors (Lipinski definition) is 4. The van der Waals surface area contributed by atoms with Crippen LogP contribution >= 0.6 is 0 Å². The Labute approximate surface area is 268 Å². The molecule has 2 aliphatic heterocycles. The predicted molar refractivity (Wildman–Crippen MR) is 170 cm³/mol. The molecule has 45 heavy (non-hydrogen) atoms. The maximum atomic E-state index is 14.2. The average Bonchev–Trinajstić information content (AvgIpc) is 3.49. The van der Waals surface area contributed by atoms with Crippen LogP contribution in [0, 0.1) is 28.6 Å². The molecule has 14 heteroatoms. The number of carbonyl (C=O) groups excluding carboxylic acids is 5. The molecule has 0 aromatic heterocycles. The lowest BCUT2D eigenvalue weighted by Gasteiger charge is -2.38. The molecule has 1 saturated carbocycles. The van der Waals surface area contributed by atoms with E-state index in [1.165, 1.54) is 9.21 Å². The molecule has 0 radical (unpaired) electrons. The van der Waals surface area contributed by atoms with E-state index in [-0.39, 0.29) is 36.6 Å². The summed E-state index contributed by atoms with van der Waals surface area (Å²) in [6.07, 6.45) is 3.22. The first-order valence-corrected chi connectivity index (χ1v) is 17.7. The number of primary amides is 1. The first-order chi connectivity index (χ1) is 20.6. The van der Waals surface area contributed by atoms with E-state index in [1.807, 2.05) is 55.4 Å². The van der Waals surface area contributed by atoms with E-state index in [1.54, 1.807) is 0 Å². The molecule has 5 atom stereocenters. The number of likely N-dealkylation sites (tertiary alicyclic amines) is 1. The Kier molecular flexibility index (Phi) is 11.4. The number of carbonyl (C=O) groups is 5. The van der Waals surface area contributed by atoms with Crippen LogP contribution in [0.25, 0.3) is 0 Å². The van der Waals surface area contributed by atoms with Crippen molar-refractivity contribution in [2.45, 2.75) is 112 Å². The van der Waals surface area contributed by atoms with Crippen molar-refractivity contribution in [1.82, 2.24) is 25.2 Å². The first-order valence-electron chi connectivity index (χ1n) is 16.1. The normalized spacial score (nSPS) is 24.2. The Bertz CT molecular complexity index is 1250. The molecule has 2 heterocycles. The number of ketones is 1. The number of Topliss-reactive ketones (excluding diaryl/α,β-unsaturated/α-hetero) is 1. The van der Waals surface area contributed by atoms with Crippen molar-refractivity contribution in [2.75, 3.05) is 25.4 Å². The molecule has 3 aliphatic rings. The monoisotopic (exact) mass is 654 g/mol. The number of nitrogens with two attached hydrogens (primary N) is 1. The third kappa shape index (κ3) is 9.40. The second-order valence-electron chi connectivity index (χ2n) is 15.5.